The fraction of sp³-hybridized carbons (Fsp3) is 0.222. The van der Waals surface area contributed by atoms with Crippen LogP contribution in [0.5, 0.6) is 0 Å². The van der Waals surface area contributed by atoms with Crippen molar-refractivity contribution >= 4 is 35.3 Å². The fourth-order valence-corrected chi connectivity index (χ4v) is 4.45. The van der Waals surface area contributed by atoms with Crippen molar-refractivity contribution in [1.29, 1.82) is 0 Å². The van der Waals surface area contributed by atoms with Gasteiger partial charge in [-0.3, -0.25) is 4.79 Å². The summed E-state index contributed by atoms with van der Waals surface area (Å²) in [6.45, 7) is 2.02. The van der Waals surface area contributed by atoms with Crippen LogP contribution in [0.4, 0.5) is 10.5 Å². The van der Waals surface area contributed by atoms with E-state index >= 15 is 0 Å². The smallest absolute Gasteiger partial charge is 0.407 e. The highest BCUT2D eigenvalue weighted by Gasteiger charge is 2.29. The minimum absolute atomic E-state index is 0.0218. The van der Waals surface area contributed by atoms with Crippen LogP contribution in [0.15, 0.2) is 66.7 Å². The summed E-state index contributed by atoms with van der Waals surface area (Å²) in [5, 5.41) is 14.6. The molecule has 0 saturated heterocycles. The topological polar surface area (TPSA) is 105 Å². The van der Waals surface area contributed by atoms with Gasteiger partial charge in [0.2, 0.25) is 5.91 Å². The number of carbonyl (C=O) groups is 3. The Kier molecular flexibility index (Phi) is 7.36. The Bertz CT molecular complexity index is 1230. The fourth-order valence-electron chi connectivity index (χ4n) is 4.22. The zero-order valence-electron chi connectivity index (χ0n) is 19.1. The van der Waals surface area contributed by atoms with Crippen LogP contribution in [0.2, 0.25) is 5.02 Å². The zero-order valence-corrected chi connectivity index (χ0v) is 19.8. The van der Waals surface area contributed by atoms with Crippen LogP contribution in [0.3, 0.4) is 0 Å². The number of anilines is 1. The van der Waals surface area contributed by atoms with Crippen molar-refractivity contribution in [2.75, 3.05) is 11.9 Å². The molecule has 35 heavy (non-hydrogen) atoms. The van der Waals surface area contributed by atoms with Crippen molar-refractivity contribution in [3.05, 3.63) is 88.4 Å². The third-order valence-corrected chi connectivity index (χ3v) is 6.32. The normalized spacial score (nSPS) is 12.9. The molecule has 0 heterocycles. The lowest BCUT2D eigenvalue weighted by atomic mass is 9.98. The van der Waals surface area contributed by atoms with Crippen molar-refractivity contribution in [2.45, 2.75) is 31.7 Å². The number of alkyl carbamates (subject to hydrolysis) is 1. The van der Waals surface area contributed by atoms with Crippen LogP contribution in [-0.2, 0) is 9.53 Å². The Morgan fingerprint density at radius 3 is 2.23 bits per heavy atom. The first-order valence-electron chi connectivity index (χ1n) is 11.3. The Morgan fingerprint density at radius 1 is 1.00 bits per heavy atom. The van der Waals surface area contributed by atoms with Crippen molar-refractivity contribution in [3.63, 3.8) is 0 Å². The van der Waals surface area contributed by atoms with Gasteiger partial charge in [-0.25, -0.2) is 9.59 Å². The number of rotatable bonds is 8. The quantitative estimate of drug-likeness (QED) is 0.375. The predicted octanol–water partition coefficient (Wildman–Crippen LogP) is 5.68. The molecule has 3 N–H and O–H groups in total. The Labute approximate surface area is 208 Å². The van der Waals surface area contributed by atoms with E-state index in [9.17, 15) is 14.4 Å². The molecule has 7 nitrogen and oxygen atoms in total. The minimum Gasteiger partial charge on any atom is -0.478 e. The predicted molar refractivity (Wildman–Crippen MR) is 134 cm³/mol. The Balaban J connectivity index is 1.25. The highest BCUT2D eigenvalue weighted by atomic mass is 35.5. The first-order chi connectivity index (χ1) is 16.8. The van der Waals surface area contributed by atoms with Gasteiger partial charge in [-0.1, -0.05) is 60.1 Å². The average Bonchev–Trinajstić information content (AvgIpc) is 3.16. The second kappa shape index (κ2) is 10.6. The van der Waals surface area contributed by atoms with E-state index in [-0.39, 0.29) is 41.5 Å². The number of nitrogens with one attached hydrogen (secondary N) is 2. The summed E-state index contributed by atoms with van der Waals surface area (Å²) in [5.74, 6) is -1.42. The molecule has 1 aliphatic carbocycles. The summed E-state index contributed by atoms with van der Waals surface area (Å²) in [6, 6.07) is 20.1. The molecule has 3 aromatic rings. The maximum atomic E-state index is 12.4. The SMILES string of the molecule is CC(CCC(=O)Nc1ccc(C(=O)O)cc1Cl)NC(=O)OCC1c2ccccc2-c2ccccc21. The lowest BCUT2D eigenvalue weighted by molar-refractivity contribution is -0.116. The number of carboxylic acids is 1. The summed E-state index contributed by atoms with van der Waals surface area (Å²) in [6.07, 6.45) is -0.00467. The van der Waals surface area contributed by atoms with Gasteiger partial charge in [0.1, 0.15) is 6.61 Å². The molecule has 8 heteroatoms. The molecule has 3 aromatic carbocycles. The van der Waals surface area contributed by atoms with E-state index in [0.29, 0.717) is 12.1 Å². The summed E-state index contributed by atoms with van der Waals surface area (Å²) in [5.41, 5.74) is 4.97. The van der Waals surface area contributed by atoms with E-state index in [1.807, 2.05) is 24.3 Å². The molecule has 0 bridgehead atoms. The molecule has 1 atom stereocenters. The van der Waals surface area contributed by atoms with E-state index in [0.717, 1.165) is 22.3 Å². The largest absolute Gasteiger partial charge is 0.478 e. The maximum Gasteiger partial charge on any atom is 0.407 e. The van der Waals surface area contributed by atoms with Gasteiger partial charge in [-0.15, -0.1) is 0 Å². The molecule has 0 aliphatic heterocycles. The monoisotopic (exact) mass is 492 g/mol. The standard InChI is InChI=1S/C27H25ClN2O5/c1-16(10-13-25(31)30-24-12-11-17(26(32)33)14-23(24)28)29-27(34)35-15-22-20-8-4-2-6-18(20)19-7-3-5-9-21(19)22/h2-9,11-12,14,16,22H,10,13,15H2,1H3,(H,29,34)(H,30,31)(H,32,33). The van der Waals surface area contributed by atoms with Crippen molar-refractivity contribution in [1.82, 2.24) is 5.32 Å². The lowest BCUT2D eigenvalue weighted by Crippen LogP contribution is -2.34. The van der Waals surface area contributed by atoms with Crippen LogP contribution < -0.4 is 10.6 Å². The zero-order chi connectivity index (χ0) is 24.9. The Hall–Kier alpha value is -3.84. The lowest BCUT2D eigenvalue weighted by Gasteiger charge is -2.17. The highest BCUT2D eigenvalue weighted by molar-refractivity contribution is 6.34. The van der Waals surface area contributed by atoms with Gasteiger partial charge in [-0.2, -0.15) is 0 Å². The molecular weight excluding hydrogens is 468 g/mol. The molecule has 0 saturated carbocycles. The highest BCUT2D eigenvalue weighted by Crippen LogP contribution is 2.44. The van der Waals surface area contributed by atoms with Crippen LogP contribution >= 0.6 is 11.6 Å². The van der Waals surface area contributed by atoms with Crippen LogP contribution in [0.1, 0.15) is 47.2 Å². The second-order valence-corrected chi connectivity index (χ2v) is 8.86. The number of hydrogen-bond donors (Lipinski definition) is 3. The molecule has 180 valence electrons. The van der Waals surface area contributed by atoms with Crippen LogP contribution in [-0.4, -0.2) is 35.7 Å². The van der Waals surface area contributed by atoms with Gasteiger partial charge in [0.25, 0.3) is 0 Å². The van der Waals surface area contributed by atoms with Gasteiger partial charge < -0.3 is 20.5 Å². The number of benzene rings is 3. The third kappa shape index (κ3) is 5.63. The maximum absolute atomic E-state index is 12.4. The molecule has 0 spiro atoms. The third-order valence-electron chi connectivity index (χ3n) is 6.00. The number of carboxylic acid groups (broad SMARTS) is 1. The number of fused-ring (bicyclic) bond motifs is 3. The molecule has 0 fully saturated rings. The Morgan fingerprint density at radius 2 is 1.63 bits per heavy atom. The number of amides is 2. The molecule has 1 aliphatic rings. The summed E-state index contributed by atoms with van der Waals surface area (Å²) in [7, 11) is 0. The molecule has 0 aromatic heterocycles. The van der Waals surface area contributed by atoms with E-state index in [1.54, 1.807) is 6.92 Å². The van der Waals surface area contributed by atoms with Crippen LogP contribution in [0.25, 0.3) is 11.1 Å². The first kappa shape index (κ1) is 24.3. The van der Waals surface area contributed by atoms with Gasteiger partial charge in [0, 0.05) is 18.4 Å². The van der Waals surface area contributed by atoms with E-state index in [2.05, 4.69) is 34.9 Å². The van der Waals surface area contributed by atoms with Gasteiger partial charge in [0.15, 0.2) is 0 Å². The summed E-state index contributed by atoms with van der Waals surface area (Å²) < 4.78 is 5.54. The summed E-state index contributed by atoms with van der Waals surface area (Å²) >= 11 is 6.05. The number of hydrogen-bond acceptors (Lipinski definition) is 4. The molecule has 1 unspecified atom stereocenters. The number of halogens is 1. The van der Waals surface area contributed by atoms with E-state index < -0.39 is 12.1 Å². The number of carbonyl (C=O) groups excluding carboxylic acids is 2. The molecule has 4 rings (SSSR count). The number of ether oxygens (including phenoxy) is 1. The van der Waals surface area contributed by atoms with E-state index in [1.165, 1.54) is 18.2 Å². The molecular formula is C27H25ClN2O5. The average molecular weight is 493 g/mol. The minimum atomic E-state index is -1.10. The van der Waals surface area contributed by atoms with Crippen molar-refractivity contribution in [2.24, 2.45) is 0 Å². The van der Waals surface area contributed by atoms with Gasteiger partial charge in [0.05, 0.1) is 16.3 Å². The van der Waals surface area contributed by atoms with Crippen molar-refractivity contribution < 1.29 is 24.2 Å². The second-order valence-electron chi connectivity index (χ2n) is 8.46. The molecule has 0 radical (unpaired) electrons. The van der Waals surface area contributed by atoms with Gasteiger partial charge in [-0.05, 0) is 53.8 Å². The summed E-state index contributed by atoms with van der Waals surface area (Å²) in [4.78, 5) is 35.7. The van der Waals surface area contributed by atoms with E-state index in [4.69, 9.17) is 21.4 Å². The first-order valence-corrected chi connectivity index (χ1v) is 11.7. The number of aromatic carboxylic acids is 1. The van der Waals surface area contributed by atoms with Gasteiger partial charge >= 0.3 is 12.1 Å². The molecule has 2 amide bonds. The van der Waals surface area contributed by atoms with Crippen LogP contribution in [0, 0.1) is 0 Å². The van der Waals surface area contributed by atoms with Crippen molar-refractivity contribution in [3.8, 4) is 11.1 Å².